The summed E-state index contributed by atoms with van der Waals surface area (Å²) in [4.78, 5) is 54.6. The molecule has 20 heteroatoms. The average Bonchev–Trinajstić information content (AvgIpc) is 1.62. The number of rotatable bonds is 12. The van der Waals surface area contributed by atoms with Gasteiger partial charge in [-0.05, 0) is 176 Å². The second kappa shape index (κ2) is 35.4. The normalized spacial score (nSPS) is 11.3. The molecule has 0 saturated heterocycles. The van der Waals surface area contributed by atoms with Gasteiger partial charge in [-0.15, -0.1) is 22.7 Å². The molecule has 16 aromatic carbocycles. The summed E-state index contributed by atoms with van der Waals surface area (Å²) in [7, 11) is 0. The molecule has 24 rings (SSSR count). The lowest BCUT2D eigenvalue weighted by Gasteiger charge is -2.11. The molecule has 0 aliphatic carbocycles. The topological polar surface area (TPSA) is 181 Å². The van der Waals surface area contributed by atoms with E-state index in [4.69, 9.17) is 70.2 Å². The smallest absolute Gasteiger partial charge is 0.226 e. The summed E-state index contributed by atoms with van der Waals surface area (Å²) in [6.45, 7) is 0. The summed E-state index contributed by atoms with van der Waals surface area (Å²) in [6, 6.07) is 131. The van der Waals surface area contributed by atoms with Gasteiger partial charge in [0.2, 0.25) is 21.1 Å². The Morgan fingerprint density at radius 1 is 0.172 bits per heavy atom. The van der Waals surface area contributed by atoms with E-state index in [1.165, 1.54) is 41.2 Å². The van der Waals surface area contributed by atoms with Gasteiger partial charge in [0.25, 0.3) is 0 Å². The van der Waals surface area contributed by atoms with Crippen LogP contribution in [0.1, 0.15) is 0 Å². The van der Waals surface area contributed by atoms with Gasteiger partial charge >= 0.3 is 0 Å². The predicted molar refractivity (Wildman–Crippen MR) is 525 cm³/mol. The number of furan rings is 2. The van der Waals surface area contributed by atoms with E-state index in [0.717, 1.165) is 132 Å². The van der Waals surface area contributed by atoms with Crippen LogP contribution in [0.4, 0.5) is 0 Å². The molecule has 14 nitrogen and oxygen atoms in total. The predicted octanol–water partition coefficient (Wildman–Crippen LogP) is 30.6. The van der Waals surface area contributed by atoms with Crippen LogP contribution in [0.2, 0.25) is 21.1 Å². The van der Waals surface area contributed by atoms with Crippen molar-refractivity contribution >= 4 is 153 Å². The van der Waals surface area contributed by atoms with E-state index in [1.807, 2.05) is 224 Å². The van der Waals surface area contributed by atoms with Crippen molar-refractivity contribution in [1.29, 1.82) is 0 Å². The zero-order valence-corrected chi connectivity index (χ0v) is 72.1. The fraction of sp³-hybridized carbons (Fsp3) is 0. The molecule has 0 saturated carbocycles. The second-order valence-corrected chi connectivity index (χ2v) is 33.4. The van der Waals surface area contributed by atoms with Crippen LogP contribution < -0.4 is 0 Å². The van der Waals surface area contributed by atoms with E-state index < -0.39 is 0 Å². The van der Waals surface area contributed by atoms with Crippen LogP contribution in [-0.2, 0) is 0 Å². The number of para-hydroxylation sites is 2. The maximum Gasteiger partial charge on any atom is 0.226 e. The highest BCUT2D eigenvalue weighted by molar-refractivity contribution is 7.26. The van der Waals surface area contributed by atoms with E-state index >= 15 is 0 Å². The molecule has 0 radical (unpaired) electrons. The molecule has 0 spiro atoms. The molecule has 0 amide bonds. The van der Waals surface area contributed by atoms with Crippen LogP contribution in [0.5, 0.6) is 0 Å². The Labute approximate surface area is 760 Å². The molecule has 8 aromatic heterocycles. The molecule has 0 aliphatic heterocycles. The lowest BCUT2D eigenvalue weighted by atomic mass is 9.96. The minimum absolute atomic E-state index is 0.153. The minimum Gasteiger partial charge on any atom is -0.456 e. The zero-order valence-electron chi connectivity index (χ0n) is 67.5. The summed E-state index contributed by atoms with van der Waals surface area (Å²) in [5.74, 6) is 4.38. The number of nitrogens with zero attached hydrogens (tertiary/aromatic N) is 12. The Balaban J connectivity index is 0.000000105. The Bertz CT molecular complexity index is 8220. The lowest BCUT2D eigenvalue weighted by Crippen LogP contribution is -1.98. The Morgan fingerprint density at radius 3 is 0.977 bits per heavy atom. The fourth-order valence-electron chi connectivity index (χ4n) is 16.0. The number of benzene rings is 16. The molecule has 0 fully saturated rings. The van der Waals surface area contributed by atoms with E-state index in [9.17, 15) is 0 Å². The van der Waals surface area contributed by atoms with E-state index in [-0.39, 0.29) is 21.1 Å². The standard InChI is InChI=1S/C33H20ClN3S.C27H16ClN3O.C27H16ClN3S.C21H12ClN3O/c34-33-36-31(23-15-16-30-28(20-23)27-13-7-8-14-29(27)38-30)35-32(37-33)26-18-24(21-9-3-1-4-10-21)17-25(19-26)22-11-5-2-6-12-22;28-27-30-25(19-11-6-10-18(16-19)17-8-2-1-3-9-17)29-26(31-27)21-13-7-15-23-24(21)20-12-4-5-14-22(20)32-23;28-27-30-25(19-15-13-18(14-16-19)17-7-2-1-3-8-17)29-26(31-27)22-11-6-10-21-20-9-4-5-12-23(20)32-24(21)22;22-21-24-19(13-7-2-1-3-8-13)23-20(25-21)15-10-6-12-17-18(15)14-9-4-5-11-16(14)26-17/h1-20H;2*1-16H;1-12H. The monoisotopic (exact) mass is 1760 g/mol. The number of halogens is 4. The minimum atomic E-state index is 0.153. The summed E-state index contributed by atoms with van der Waals surface area (Å²) < 4.78 is 16.9. The van der Waals surface area contributed by atoms with Crippen LogP contribution in [0.15, 0.2) is 397 Å². The molecule has 128 heavy (non-hydrogen) atoms. The summed E-state index contributed by atoms with van der Waals surface area (Å²) >= 11 is 29.0. The van der Waals surface area contributed by atoms with Crippen LogP contribution in [0, 0.1) is 0 Å². The van der Waals surface area contributed by atoms with Gasteiger partial charge in [-0.25, -0.2) is 19.9 Å². The fourth-order valence-corrected chi connectivity index (χ4v) is 18.9. The molecule has 0 bridgehead atoms. The quantitative estimate of drug-likeness (QED) is 0.113. The Hall–Kier alpha value is -15.2. The molecule has 608 valence electrons. The number of thiophene rings is 2. The van der Waals surface area contributed by atoms with Gasteiger partial charge in [0.05, 0.1) is 0 Å². The first-order chi connectivity index (χ1) is 63.0. The molecule has 24 aromatic rings. The first-order valence-corrected chi connectivity index (χ1v) is 44.1. The third-order valence-corrected chi connectivity index (χ3v) is 25.0. The van der Waals surface area contributed by atoms with Crippen LogP contribution in [0.3, 0.4) is 0 Å². The van der Waals surface area contributed by atoms with Gasteiger partial charge in [-0.2, -0.15) is 39.9 Å². The van der Waals surface area contributed by atoms with Gasteiger partial charge < -0.3 is 8.83 Å². The second-order valence-electron chi connectivity index (χ2n) is 29.9. The van der Waals surface area contributed by atoms with E-state index in [1.54, 1.807) is 22.7 Å². The maximum absolute atomic E-state index is 6.50. The third kappa shape index (κ3) is 16.6. The molecular formula is C108H64Cl4N12O2S2. The van der Waals surface area contributed by atoms with Crippen molar-refractivity contribution in [2.24, 2.45) is 0 Å². The first-order valence-electron chi connectivity index (χ1n) is 41.0. The van der Waals surface area contributed by atoms with Crippen LogP contribution in [-0.4, -0.2) is 59.8 Å². The lowest BCUT2D eigenvalue weighted by molar-refractivity contribution is 0.668. The number of hydrogen-bond donors (Lipinski definition) is 0. The van der Waals surface area contributed by atoms with Crippen molar-refractivity contribution in [1.82, 2.24) is 59.8 Å². The van der Waals surface area contributed by atoms with Crippen LogP contribution in [0.25, 0.3) is 220 Å². The summed E-state index contributed by atoms with van der Waals surface area (Å²) in [5, 5.41) is 9.54. The summed E-state index contributed by atoms with van der Waals surface area (Å²) in [5.41, 5.74) is 19.4. The zero-order chi connectivity index (χ0) is 86.0. The van der Waals surface area contributed by atoms with Crippen molar-refractivity contribution in [3.8, 4) is 136 Å². The van der Waals surface area contributed by atoms with Crippen molar-refractivity contribution < 1.29 is 8.83 Å². The van der Waals surface area contributed by atoms with Gasteiger partial charge in [0, 0.05) is 106 Å². The molecule has 0 aliphatic rings. The van der Waals surface area contributed by atoms with E-state index in [0.29, 0.717) is 46.6 Å². The first kappa shape index (κ1) is 79.9. The van der Waals surface area contributed by atoms with Gasteiger partial charge in [0.15, 0.2) is 46.6 Å². The van der Waals surface area contributed by atoms with Crippen LogP contribution >= 0.6 is 69.1 Å². The van der Waals surface area contributed by atoms with Gasteiger partial charge in [-0.3, -0.25) is 0 Å². The Morgan fingerprint density at radius 2 is 0.461 bits per heavy atom. The summed E-state index contributed by atoms with van der Waals surface area (Å²) in [6.07, 6.45) is 0. The molecule has 0 unspecified atom stereocenters. The largest absolute Gasteiger partial charge is 0.456 e. The molecule has 0 N–H and O–H groups in total. The Kier molecular flexibility index (Phi) is 22.1. The number of fused-ring (bicyclic) bond motifs is 12. The molecular weight excluding hydrogens is 1700 g/mol. The van der Waals surface area contributed by atoms with Gasteiger partial charge in [-0.1, -0.05) is 303 Å². The highest BCUT2D eigenvalue weighted by Gasteiger charge is 2.22. The maximum atomic E-state index is 6.50. The third-order valence-electron chi connectivity index (χ3n) is 21.9. The highest BCUT2D eigenvalue weighted by atomic mass is 35.5. The van der Waals surface area contributed by atoms with Crippen molar-refractivity contribution in [2.45, 2.75) is 0 Å². The van der Waals surface area contributed by atoms with E-state index in [2.05, 4.69) is 209 Å². The SMILES string of the molecule is Clc1nc(-c2cc(-c3ccccc3)cc(-c3ccccc3)c2)nc(-c2ccc3sc4ccccc4c3c2)n1.Clc1nc(-c2ccc(-c3ccccc3)cc2)nc(-c2cccc3c2sc2ccccc23)n1.Clc1nc(-c2cccc(-c3ccccc3)c2)nc(-c2cccc3oc4ccccc4c23)n1.Clc1nc(-c2ccccc2)nc(-c2cccc3oc4ccccc4c23)n1. The average molecular weight is 1770 g/mol. The van der Waals surface area contributed by atoms with Crippen molar-refractivity contribution in [3.05, 3.63) is 409 Å². The van der Waals surface area contributed by atoms with Crippen molar-refractivity contribution in [3.63, 3.8) is 0 Å². The van der Waals surface area contributed by atoms with Crippen molar-refractivity contribution in [2.75, 3.05) is 0 Å². The molecule has 8 heterocycles. The molecule has 0 atom stereocenters. The number of aromatic nitrogens is 12. The highest BCUT2D eigenvalue weighted by Crippen LogP contribution is 2.44. The van der Waals surface area contributed by atoms with Gasteiger partial charge in [0.1, 0.15) is 22.3 Å². The number of hydrogen-bond acceptors (Lipinski definition) is 16.